The number of rotatable bonds is 2. The molecular formula is C12H16FNO. The molecule has 1 aromatic carbocycles. The van der Waals surface area contributed by atoms with E-state index in [0.29, 0.717) is 11.5 Å². The molecule has 0 amide bonds. The zero-order valence-corrected chi connectivity index (χ0v) is 8.83. The highest BCUT2D eigenvalue weighted by Crippen LogP contribution is 2.40. The van der Waals surface area contributed by atoms with Gasteiger partial charge < -0.3 is 10.8 Å². The molecule has 1 aliphatic rings. The van der Waals surface area contributed by atoms with Crippen LogP contribution in [0.1, 0.15) is 36.4 Å². The van der Waals surface area contributed by atoms with Crippen LogP contribution in [-0.2, 0) is 0 Å². The molecule has 0 unspecified atom stereocenters. The molecule has 1 fully saturated rings. The fourth-order valence-corrected chi connectivity index (χ4v) is 2.14. The highest BCUT2D eigenvalue weighted by molar-refractivity contribution is 5.42. The molecule has 82 valence electrons. The lowest BCUT2D eigenvalue weighted by atomic mass is 9.76. The highest BCUT2D eigenvalue weighted by atomic mass is 19.1. The maximum atomic E-state index is 13.2. The summed E-state index contributed by atoms with van der Waals surface area (Å²) in [5.41, 5.74) is 7.50. The average Bonchev–Trinajstić information content (AvgIpc) is 2.09. The highest BCUT2D eigenvalue weighted by Gasteiger charge is 2.29. The zero-order valence-electron chi connectivity index (χ0n) is 8.83. The summed E-state index contributed by atoms with van der Waals surface area (Å²) in [5.74, 6) is -0.448. The SMILES string of the molecule is Cc1ccc(F)c(O)c1[C@H](N)C1CCC1. The van der Waals surface area contributed by atoms with E-state index in [-0.39, 0.29) is 11.8 Å². The first-order valence-electron chi connectivity index (χ1n) is 5.35. The van der Waals surface area contributed by atoms with E-state index >= 15 is 0 Å². The lowest BCUT2D eigenvalue weighted by molar-refractivity contribution is 0.258. The summed E-state index contributed by atoms with van der Waals surface area (Å²) in [4.78, 5) is 0. The van der Waals surface area contributed by atoms with Crippen molar-refractivity contribution < 1.29 is 9.50 Å². The van der Waals surface area contributed by atoms with Gasteiger partial charge in [0.05, 0.1) is 0 Å². The Kier molecular flexibility index (Phi) is 2.65. The predicted octanol–water partition coefficient (Wildman–Crippen LogP) is 2.64. The Morgan fingerprint density at radius 2 is 2.13 bits per heavy atom. The van der Waals surface area contributed by atoms with Crippen LogP contribution in [0.25, 0.3) is 0 Å². The van der Waals surface area contributed by atoms with Crippen molar-refractivity contribution in [3.8, 4) is 5.75 Å². The Morgan fingerprint density at radius 3 is 2.67 bits per heavy atom. The van der Waals surface area contributed by atoms with Crippen LogP contribution in [0.15, 0.2) is 12.1 Å². The molecule has 0 heterocycles. The molecule has 3 heteroatoms. The third kappa shape index (κ3) is 1.72. The zero-order chi connectivity index (χ0) is 11.0. The third-order valence-electron chi connectivity index (χ3n) is 3.38. The van der Waals surface area contributed by atoms with Gasteiger partial charge in [-0.3, -0.25) is 0 Å². The number of phenols is 1. The van der Waals surface area contributed by atoms with E-state index in [4.69, 9.17) is 5.73 Å². The van der Waals surface area contributed by atoms with Crippen LogP contribution in [0.2, 0.25) is 0 Å². The van der Waals surface area contributed by atoms with Gasteiger partial charge in [-0.1, -0.05) is 12.5 Å². The largest absolute Gasteiger partial charge is 0.505 e. The molecule has 0 spiro atoms. The molecule has 0 radical (unpaired) electrons. The first-order valence-corrected chi connectivity index (χ1v) is 5.35. The molecular weight excluding hydrogens is 193 g/mol. The van der Waals surface area contributed by atoms with Crippen molar-refractivity contribution in [2.24, 2.45) is 11.7 Å². The molecule has 1 atom stereocenters. The van der Waals surface area contributed by atoms with Gasteiger partial charge in [-0.05, 0) is 37.3 Å². The summed E-state index contributed by atoms with van der Waals surface area (Å²) in [6, 6.07) is 2.72. The monoisotopic (exact) mass is 209 g/mol. The normalized spacial score (nSPS) is 18.6. The van der Waals surface area contributed by atoms with Gasteiger partial charge in [0.1, 0.15) is 0 Å². The second kappa shape index (κ2) is 3.81. The number of phenolic OH excluding ortho intramolecular Hbond substituents is 1. The van der Waals surface area contributed by atoms with E-state index in [0.717, 1.165) is 18.4 Å². The molecule has 2 rings (SSSR count). The van der Waals surface area contributed by atoms with Crippen molar-refractivity contribution >= 4 is 0 Å². The molecule has 1 aromatic rings. The summed E-state index contributed by atoms with van der Waals surface area (Å²) < 4.78 is 13.2. The van der Waals surface area contributed by atoms with Crippen LogP contribution in [0.5, 0.6) is 5.75 Å². The van der Waals surface area contributed by atoms with Crippen molar-refractivity contribution in [2.75, 3.05) is 0 Å². The van der Waals surface area contributed by atoms with Crippen LogP contribution < -0.4 is 5.73 Å². The maximum Gasteiger partial charge on any atom is 0.165 e. The topological polar surface area (TPSA) is 46.2 Å². The standard InChI is InChI=1S/C12H16FNO/c1-7-5-6-9(13)12(15)10(7)11(14)8-3-2-4-8/h5-6,8,11,15H,2-4,14H2,1H3/t11-/m1/s1. The fraction of sp³-hybridized carbons (Fsp3) is 0.500. The minimum Gasteiger partial charge on any atom is -0.505 e. The molecule has 3 N–H and O–H groups in total. The van der Waals surface area contributed by atoms with Gasteiger partial charge in [0.15, 0.2) is 11.6 Å². The fourth-order valence-electron chi connectivity index (χ4n) is 2.14. The molecule has 1 saturated carbocycles. The molecule has 0 saturated heterocycles. The number of aryl methyl sites for hydroxylation is 1. The Hall–Kier alpha value is -1.09. The van der Waals surface area contributed by atoms with Gasteiger partial charge in [-0.15, -0.1) is 0 Å². The molecule has 0 aliphatic heterocycles. The molecule has 15 heavy (non-hydrogen) atoms. The maximum absolute atomic E-state index is 13.2. The van der Waals surface area contributed by atoms with Crippen molar-refractivity contribution in [2.45, 2.75) is 32.2 Å². The number of aromatic hydroxyl groups is 1. The quantitative estimate of drug-likeness (QED) is 0.786. The summed E-state index contributed by atoms with van der Waals surface area (Å²) in [6.45, 7) is 1.85. The number of hydrogen-bond acceptors (Lipinski definition) is 2. The van der Waals surface area contributed by atoms with E-state index < -0.39 is 5.82 Å². The van der Waals surface area contributed by atoms with Gasteiger partial charge in [0, 0.05) is 11.6 Å². The minimum atomic E-state index is -0.578. The Labute approximate surface area is 88.9 Å². The molecule has 0 bridgehead atoms. The minimum absolute atomic E-state index is 0.227. The van der Waals surface area contributed by atoms with Crippen molar-refractivity contribution in [3.63, 3.8) is 0 Å². The van der Waals surface area contributed by atoms with Gasteiger partial charge >= 0.3 is 0 Å². The molecule has 0 aromatic heterocycles. The van der Waals surface area contributed by atoms with Gasteiger partial charge in [-0.2, -0.15) is 0 Å². The third-order valence-corrected chi connectivity index (χ3v) is 3.38. The molecule has 2 nitrogen and oxygen atoms in total. The number of halogens is 1. The second-order valence-corrected chi connectivity index (χ2v) is 4.34. The van der Waals surface area contributed by atoms with Crippen molar-refractivity contribution in [3.05, 3.63) is 29.1 Å². The number of hydrogen-bond donors (Lipinski definition) is 2. The predicted molar refractivity (Wildman–Crippen MR) is 57.1 cm³/mol. The van der Waals surface area contributed by atoms with Crippen LogP contribution >= 0.6 is 0 Å². The summed E-state index contributed by atoms with van der Waals surface area (Å²) >= 11 is 0. The first kappa shape index (κ1) is 10.4. The summed E-state index contributed by atoms with van der Waals surface area (Å²) in [6.07, 6.45) is 3.35. The van der Waals surface area contributed by atoms with Gasteiger partial charge in [0.2, 0.25) is 0 Å². The summed E-state index contributed by atoms with van der Waals surface area (Å²) in [5, 5.41) is 9.66. The van der Waals surface area contributed by atoms with E-state index in [1.807, 2.05) is 6.92 Å². The van der Waals surface area contributed by atoms with Crippen LogP contribution in [0, 0.1) is 18.7 Å². The Bertz CT molecular complexity index is 374. The van der Waals surface area contributed by atoms with Gasteiger partial charge in [-0.25, -0.2) is 4.39 Å². The number of nitrogens with two attached hydrogens (primary N) is 1. The Balaban J connectivity index is 2.36. The number of benzene rings is 1. The van der Waals surface area contributed by atoms with E-state index in [9.17, 15) is 9.50 Å². The van der Waals surface area contributed by atoms with Gasteiger partial charge in [0.25, 0.3) is 0 Å². The first-order chi connectivity index (χ1) is 7.11. The van der Waals surface area contributed by atoms with E-state index in [1.54, 1.807) is 6.07 Å². The van der Waals surface area contributed by atoms with Crippen LogP contribution in [0.4, 0.5) is 4.39 Å². The lowest BCUT2D eigenvalue weighted by Crippen LogP contribution is -2.27. The van der Waals surface area contributed by atoms with Crippen LogP contribution in [0.3, 0.4) is 0 Å². The second-order valence-electron chi connectivity index (χ2n) is 4.34. The lowest BCUT2D eigenvalue weighted by Gasteiger charge is -2.32. The van der Waals surface area contributed by atoms with E-state index in [1.165, 1.54) is 12.5 Å². The molecule has 1 aliphatic carbocycles. The van der Waals surface area contributed by atoms with Crippen molar-refractivity contribution in [1.82, 2.24) is 0 Å². The van der Waals surface area contributed by atoms with Crippen LogP contribution in [-0.4, -0.2) is 5.11 Å². The Morgan fingerprint density at radius 1 is 1.47 bits per heavy atom. The summed E-state index contributed by atoms with van der Waals surface area (Å²) in [7, 11) is 0. The van der Waals surface area contributed by atoms with E-state index in [2.05, 4.69) is 0 Å². The average molecular weight is 209 g/mol. The van der Waals surface area contributed by atoms with Crippen molar-refractivity contribution in [1.29, 1.82) is 0 Å². The smallest absolute Gasteiger partial charge is 0.165 e.